The largest absolute Gasteiger partial charge is 0.384 e. The smallest absolute Gasteiger partial charge is 0.288 e. The number of aryl methyl sites for hydroxylation is 1. The average molecular weight is 282 g/mol. The Balaban J connectivity index is 2.27. The molecule has 0 aliphatic rings. The van der Waals surface area contributed by atoms with E-state index in [-0.39, 0.29) is 0 Å². The van der Waals surface area contributed by atoms with Crippen molar-refractivity contribution in [1.82, 2.24) is 9.97 Å². The third-order valence-electron chi connectivity index (χ3n) is 2.22. The van der Waals surface area contributed by atoms with E-state index in [0.29, 0.717) is 39.8 Å². The standard InChI is InChI=1S/C12H12F2N4S/c1-7-16-10(15)6-11(17-7)18-8-4-2-3-5-9(8)19-12(13)14/h2-6,12H,1H3,(H3,15,16,17,18). The van der Waals surface area contributed by atoms with E-state index in [4.69, 9.17) is 5.73 Å². The molecule has 0 fully saturated rings. The fourth-order valence-electron chi connectivity index (χ4n) is 1.56. The molecule has 1 aromatic carbocycles. The van der Waals surface area contributed by atoms with Gasteiger partial charge in [0.25, 0.3) is 5.76 Å². The van der Waals surface area contributed by atoms with Crippen molar-refractivity contribution in [1.29, 1.82) is 0 Å². The van der Waals surface area contributed by atoms with Gasteiger partial charge in [-0.3, -0.25) is 0 Å². The lowest BCUT2D eigenvalue weighted by atomic mass is 10.3. The molecule has 0 amide bonds. The Morgan fingerprint density at radius 1 is 1.26 bits per heavy atom. The molecule has 0 aliphatic heterocycles. The summed E-state index contributed by atoms with van der Waals surface area (Å²) >= 11 is 0.482. The summed E-state index contributed by atoms with van der Waals surface area (Å²) in [6.07, 6.45) is 0. The average Bonchev–Trinajstić information content (AvgIpc) is 2.29. The molecule has 7 heteroatoms. The Bertz CT molecular complexity index is 557. The molecular formula is C12H12F2N4S. The summed E-state index contributed by atoms with van der Waals surface area (Å²) in [5.41, 5.74) is 6.18. The van der Waals surface area contributed by atoms with E-state index in [1.165, 1.54) is 0 Å². The van der Waals surface area contributed by atoms with Gasteiger partial charge >= 0.3 is 0 Å². The summed E-state index contributed by atoms with van der Waals surface area (Å²) in [5.74, 6) is -1.15. The van der Waals surface area contributed by atoms with E-state index in [0.717, 1.165) is 0 Å². The summed E-state index contributed by atoms with van der Waals surface area (Å²) < 4.78 is 24.9. The molecule has 0 radical (unpaired) electrons. The third kappa shape index (κ3) is 3.78. The highest BCUT2D eigenvalue weighted by Gasteiger charge is 2.10. The number of aromatic nitrogens is 2. The van der Waals surface area contributed by atoms with E-state index >= 15 is 0 Å². The van der Waals surface area contributed by atoms with Gasteiger partial charge < -0.3 is 11.1 Å². The van der Waals surface area contributed by atoms with Crippen molar-refractivity contribution in [2.24, 2.45) is 0 Å². The van der Waals surface area contributed by atoms with Crippen LogP contribution in [0.25, 0.3) is 0 Å². The van der Waals surface area contributed by atoms with Gasteiger partial charge in [0.15, 0.2) is 0 Å². The fourth-order valence-corrected chi connectivity index (χ4v) is 2.16. The summed E-state index contributed by atoms with van der Waals surface area (Å²) in [6, 6.07) is 8.34. The van der Waals surface area contributed by atoms with Crippen LogP contribution < -0.4 is 11.1 Å². The summed E-state index contributed by atoms with van der Waals surface area (Å²) in [7, 11) is 0. The van der Waals surface area contributed by atoms with Gasteiger partial charge in [0.1, 0.15) is 17.5 Å². The molecule has 2 rings (SSSR count). The number of anilines is 3. The van der Waals surface area contributed by atoms with Gasteiger partial charge in [-0.25, -0.2) is 9.97 Å². The number of nitrogens with zero attached hydrogens (tertiary/aromatic N) is 2. The topological polar surface area (TPSA) is 63.8 Å². The zero-order valence-electron chi connectivity index (χ0n) is 10.1. The minimum atomic E-state index is -2.47. The number of hydrogen-bond donors (Lipinski definition) is 2. The lowest BCUT2D eigenvalue weighted by molar-refractivity contribution is 0.252. The van der Waals surface area contributed by atoms with Gasteiger partial charge in [-0.05, 0) is 19.1 Å². The van der Waals surface area contributed by atoms with Gasteiger partial charge in [-0.2, -0.15) is 8.78 Å². The van der Waals surface area contributed by atoms with E-state index in [2.05, 4.69) is 15.3 Å². The lowest BCUT2D eigenvalue weighted by Gasteiger charge is -2.11. The second-order valence-electron chi connectivity index (χ2n) is 3.72. The first-order valence-electron chi connectivity index (χ1n) is 5.46. The molecule has 4 nitrogen and oxygen atoms in total. The molecule has 0 bridgehead atoms. The molecule has 0 spiro atoms. The van der Waals surface area contributed by atoms with Crippen molar-refractivity contribution in [3.05, 3.63) is 36.2 Å². The molecule has 0 saturated carbocycles. The maximum atomic E-state index is 12.5. The van der Waals surface area contributed by atoms with Crippen LogP contribution in [0, 0.1) is 6.92 Å². The Hall–Kier alpha value is -1.89. The number of para-hydroxylation sites is 1. The summed E-state index contributed by atoms with van der Waals surface area (Å²) in [6.45, 7) is 1.71. The van der Waals surface area contributed by atoms with Crippen molar-refractivity contribution in [3.8, 4) is 0 Å². The van der Waals surface area contributed by atoms with Gasteiger partial charge in [-0.15, -0.1) is 0 Å². The molecule has 1 heterocycles. The maximum absolute atomic E-state index is 12.5. The van der Waals surface area contributed by atoms with Crippen LogP contribution in [0.5, 0.6) is 0 Å². The second-order valence-corrected chi connectivity index (χ2v) is 4.76. The Labute approximate surface area is 113 Å². The first-order chi connectivity index (χ1) is 9.04. The first kappa shape index (κ1) is 13.5. The number of nitrogen functional groups attached to an aromatic ring is 1. The van der Waals surface area contributed by atoms with Gasteiger partial charge in [-0.1, -0.05) is 23.9 Å². The molecule has 1 aromatic heterocycles. The van der Waals surface area contributed by atoms with Crippen molar-refractivity contribution < 1.29 is 8.78 Å². The molecule has 2 aromatic rings. The number of hydrogen-bond acceptors (Lipinski definition) is 5. The summed E-state index contributed by atoms with van der Waals surface area (Å²) in [4.78, 5) is 8.55. The highest BCUT2D eigenvalue weighted by molar-refractivity contribution is 7.99. The predicted molar refractivity (Wildman–Crippen MR) is 72.8 cm³/mol. The van der Waals surface area contributed by atoms with E-state index in [1.54, 1.807) is 37.3 Å². The van der Waals surface area contributed by atoms with Crippen LogP contribution in [0.2, 0.25) is 0 Å². The fraction of sp³-hybridized carbons (Fsp3) is 0.167. The number of nitrogens with two attached hydrogens (primary N) is 1. The Morgan fingerprint density at radius 3 is 2.68 bits per heavy atom. The van der Waals surface area contributed by atoms with E-state index in [9.17, 15) is 8.78 Å². The number of nitrogens with one attached hydrogen (secondary N) is 1. The second kappa shape index (κ2) is 5.83. The molecule has 100 valence electrons. The third-order valence-corrected chi connectivity index (χ3v) is 3.01. The summed E-state index contributed by atoms with van der Waals surface area (Å²) in [5, 5.41) is 2.97. The normalized spacial score (nSPS) is 10.7. The van der Waals surface area contributed by atoms with Crippen molar-refractivity contribution in [2.75, 3.05) is 11.1 Å². The number of halogens is 2. The van der Waals surface area contributed by atoms with Gasteiger partial charge in [0.05, 0.1) is 5.69 Å². The minimum absolute atomic E-state index is 0.328. The number of thioether (sulfide) groups is 1. The molecule has 19 heavy (non-hydrogen) atoms. The van der Waals surface area contributed by atoms with Crippen LogP contribution in [-0.4, -0.2) is 15.7 Å². The number of alkyl halides is 2. The SMILES string of the molecule is Cc1nc(N)cc(Nc2ccccc2SC(F)F)n1. The van der Waals surface area contributed by atoms with E-state index in [1.807, 2.05) is 0 Å². The zero-order valence-corrected chi connectivity index (χ0v) is 10.9. The Kier molecular flexibility index (Phi) is 4.16. The monoisotopic (exact) mass is 282 g/mol. The van der Waals surface area contributed by atoms with Crippen molar-refractivity contribution in [2.45, 2.75) is 17.6 Å². The zero-order chi connectivity index (χ0) is 13.8. The first-order valence-corrected chi connectivity index (χ1v) is 6.34. The molecule has 0 unspecified atom stereocenters. The molecule has 3 N–H and O–H groups in total. The van der Waals surface area contributed by atoms with Crippen LogP contribution in [0.4, 0.5) is 26.1 Å². The van der Waals surface area contributed by atoms with Crippen LogP contribution >= 0.6 is 11.8 Å². The number of rotatable bonds is 4. The predicted octanol–water partition coefficient (Wildman–Crippen LogP) is 3.43. The molecule has 0 atom stereocenters. The molecule has 0 aliphatic carbocycles. The maximum Gasteiger partial charge on any atom is 0.288 e. The van der Waals surface area contributed by atoms with Crippen LogP contribution in [0.1, 0.15) is 5.82 Å². The highest BCUT2D eigenvalue weighted by Crippen LogP contribution is 2.33. The van der Waals surface area contributed by atoms with Crippen LogP contribution in [0.15, 0.2) is 35.2 Å². The molecule has 0 saturated heterocycles. The van der Waals surface area contributed by atoms with Crippen LogP contribution in [-0.2, 0) is 0 Å². The minimum Gasteiger partial charge on any atom is -0.384 e. The Morgan fingerprint density at radius 2 is 2.00 bits per heavy atom. The number of benzene rings is 1. The van der Waals surface area contributed by atoms with Crippen molar-refractivity contribution in [3.63, 3.8) is 0 Å². The van der Waals surface area contributed by atoms with Crippen LogP contribution in [0.3, 0.4) is 0 Å². The van der Waals surface area contributed by atoms with Gasteiger partial charge in [0, 0.05) is 11.0 Å². The lowest BCUT2D eigenvalue weighted by Crippen LogP contribution is -2.01. The van der Waals surface area contributed by atoms with Crippen molar-refractivity contribution >= 4 is 29.1 Å². The van der Waals surface area contributed by atoms with E-state index < -0.39 is 5.76 Å². The highest BCUT2D eigenvalue weighted by atomic mass is 32.2. The molecular weight excluding hydrogens is 270 g/mol. The quantitative estimate of drug-likeness (QED) is 0.841. The van der Waals surface area contributed by atoms with Gasteiger partial charge in [0.2, 0.25) is 0 Å².